The van der Waals surface area contributed by atoms with Crippen molar-refractivity contribution in [2.45, 2.75) is 19.9 Å². The first-order chi connectivity index (χ1) is 14.1. The van der Waals surface area contributed by atoms with Crippen molar-refractivity contribution < 1.29 is 14.3 Å². The van der Waals surface area contributed by atoms with Crippen molar-refractivity contribution >= 4 is 40.4 Å². The maximum Gasteiger partial charge on any atom is 0.265 e. The Hall–Kier alpha value is -2.90. The molecule has 150 valence electrons. The van der Waals surface area contributed by atoms with Gasteiger partial charge in [0.2, 0.25) is 5.88 Å². The second-order valence-corrected chi connectivity index (χ2v) is 7.48. The predicted molar refractivity (Wildman–Crippen MR) is 115 cm³/mol. The molecule has 2 aromatic heterocycles. The molecule has 3 aromatic rings. The van der Waals surface area contributed by atoms with Crippen LogP contribution in [-0.4, -0.2) is 23.4 Å². The van der Waals surface area contributed by atoms with E-state index in [0.29, 0.717) is 33.6 Å². The largest absolute Gasteiger partial charge is 0.477 e. The molecular weight excluding hydrogens is 410 g/mol. The zero-order valence-corrected chi connectivity index (χ0v) is 17.3. The van der Waals surface area contributed by atoms with Gasteiger partial charge in [-0.25, -0.2) is 4.98 Å². The van der Waals surface area contributed by atoms with Gasteiger partial charge in [0.05, 0.1) is 22.2 Å². The number of carbonyl (C=O) groups is 2. The third-order valence-electron chi connectivity index (χ3n) is 3.95. The normalized spacial score (nSPS) is 10.4. The first kappa shape index (κ1) is 20.8. The van der Waals surface area contributed by atoms with Crippen LogP contribution >= 0.6 is 22.9 Å². The highest BCUT2D eigenvalue weighted by atomic mass is 35.5. The van der Waals surface area contributed by atoms with Crippen molar-refractivity contribution in [3.8, 4) is 5.88 Å². The Labute approximate surface area is 177 Å². The summed E-state index contributed by atoms with van der Waals surface area (Å²) < 4.78 is 5.61. The van der Waals surface area contributed by atoms with Gasteiger partial charge < -0.3 is 15.4 Å². The van der Waals surface area contributed by atoms with Gasteiger partial charge in [0.15, 0.2) is 0 Å². The first-order valence-electron chi connectivity index (χ1n) is 9.07. The molecule has 0 saturated carbocycles. The van der Waals surface area contributed by atoms with Crippen LogP contribution in [0, 0.1) is 0 Å². The zero-order valence-electron chi connectivity index (χ0n) is 15.8. The molecule has 0 atom stereocenters. The van der Waals surface area contributed by atoms with Gasteiger partial charge in [-0.1, -0.05) is 30.7 Å². The Morgan fingerprint density at radius 3 is 2.79 bits per heavy atom. The maximum atomic E-state index is 12.6. The van der Waals surface area contributed by atoms with Crippen molar-refractivity contribution in [3.63, 3.8) is 0 Å². The summed E-state index contributed by atoms with van der Waals surface area (Å²) in [6, 6.07) is 11.9. The summed E-state index contributed by atoms with van der Waals surface area (Å²) in [4.78, 5) is 29.6. The van der Waals surface area contributed by atoms with Crippen LogP contribution in [0.2, 0.25) is 5.02 Å². The molecule has 2 amide bonds. The highest BCUT2D eigenvalue weighted by molar-refractivity contribution is 7.12. The second-order valence-electron chi connectivity index (χ2n) is 6.12. The third-order valence-corrected chi connectivity index (χ3v) is 5.15. The van der Waals surface area contributed by atoms with Gasteiger partial charge in [-0.3, -0.25) is 9.59 Å². The number of benzene rings is 1. The zero-order chi connectivity index (χ0) is 20.6. The molecule has 0 bridgehead atoms. The van der Waals surface area contributed by atoms with E-state index in [9.17, 15) is 9.59 Å². The van der Waals surface area contributed by atoms with Gasteiger partial charge in [0.25, 0.3) is 11.8 Å². The lowest BCUT2D eigenvalue weighted by atomic mass is 10.1. The summed E-state index contributed by atoms with van der Waals surface area (Å²) in [5.74, 6) is -0.0548. The lowest BCUT2D eigenvalue weighted by molar-refractivity contribution is 0.0949. The fourth-order valence-electron chi connectivity index (χ4n) is 2.52. The van der Waals surface area contributed by atoms with Gasteiger partial charge in [-0.15, -0.1) is 11.3 Å². The number of pyridine rings is 1. The molecule has 0 fully saturated rings. The maximum absolute atomic E-state index is 12.6. The van der Waals surface area contributed by atoms with E-state index in [1.807, 2.05) is 18.4 Å². The van der Waals surface area contributed by atoms with E-state index >= 15 is 0 Å². The molecule has 0 unspecified atom stereocenters. The third kappa shape index (κ3) is 5.56. The fraction of sp³-hybridized carbons (Fsp3) is 0.190. The van der Waals surface area contributed by atoms with Crippen LogP contribution in [0.15, 0.2) is 54.0 Å². The van der Waals surface area contributed by atoms with Gasteiger partial charge in [-0.2, -0.15) is 0 Å². The molecule has 0 radical (unpaired) electrons. The minimum atomic E-state index is -0.293. The standard InChI is InChI=1S/C21H20ClN3O3S/c1-2-10-28-21-15(5-3-9-23-21)13-24-19(26)14-7-8-16(22)17(12-14)25-20(27)18-6-4-11-29-18/h3-9,11-12H,2,10,13H2,1H3,(H,24,26)(H,25,27). The predicted octanol–water partition coefficient (Wildman–Crippen LogP) is 4.77. The van der Waals surface area contributed by atoms with Crippen molar-refractivity contribution in [3.05, 3.63) is 75.1 Å². The molecule has 3 rings (SSSR count). The fourth-order valence-corrected chi connectivity index (χ4v) is 3.30. The highest BCUT2D eigenvalue weighted by Gasteiger charge is 2.14. The minimum Gasteiger partial charge on any atom is -0.477 e. The monoisotopic (exact) mass is 429 g/mol. The number of thiophene rings is 1. The Morgan fingerprint density at radius 2 is 2.03 bits per heavy atom. The van der Waals surface area contributed by atoms with Crippen LogP contribution in [0.1, 0.15) is 38.9 Å². The molecule has 0 aliphatic heterocycles. The topological polar surface area (TPSA) is 80.3 Å². The number of halogens is 1. The number of hydrogen-bond acceptors (Lipinski definition) is 5. The lowest BCUT2D eigenvalue weighted by Gasteiger charge is -2.12. The Morgan fingerprint density at radius 1 is 1.17 bits per heavy atom. The van der Waals surface area contributed by atoms with Crippen LogP contribution < -0.4 is 15.4 Å². The van der Waals surface area contributed by atoms with E-state index in [-0.39, 0.29) is 18.4 Å². The van der Waals surface area contributed by atoms with Gasteiger partial charge in [0.1, 0.15) is 0 Å². The Balaban J connectivity index is 1.68. The molecular formula is C21H20ClN3O3S. The van der Waals surface area contributed by atoms with Crippen LogP contribution in [0.4, 0.5) is 5.69 Å². The van der Waals surface area contributed by atoms with Crippen LogP contribution in [0.3, 0.4) is 0 Å². The summed E-state index contributed by atoms with van der Waals surface area (Å²) in [7, 11) is 0. The number of carbonyl (C=O) groups excluding carboxylic acids is 2. The van der Waals surface area contributed by atoms with Gasteiger partial charge in [-0.05, 0) is 42.1 Å². The summed E-state index contributed by atoms with van der Waals surface area (Å²) in [6.45, 7) is 2.84. The Bertz CT molecular complexity index is 993. The minimum absolute atomic E-state index is 0.269. The number of anilines is 1. The summed E-state index contributed by atoms with van der Waals surface area (Å²) >= 11 is 7.51. The smallest absolute Gasteiger partial charge is 0.265 e. The number of ether oxygens (including phenoxy) is 1. The average Bonchev–Trinajstić information content (AvgIpc) is 3.27. The molecule has 8 heteroatoms. The van der Waals surface area contributed by atoms with E-state index in [0.717, 1.165) is 12.0 Å². The summed E-state index contributed by atoms with van der Waals surface area (Å²) in [6.07, 6.45) is 2.52. The van der Waals surface area contributed by atoms with E-state index in [1.165, 1.54) is 11.3 Å². The molecule has 0 aliphatic rings. The average molecular weight is 430 g/mol. The highest BCUT2D eigenvalue weighted by Crippen LogP contribution is 2.24. The second kappa shape index (κ2) is 10.0. The van der Waals surface area contributed by atoms with E-state index in [4.69, 9.17) is 16.3 Å². The van der Waals surface area contributed by atoms with Crippen LogP contribution in [0.25, 0.3) is 0 Å². The molecule has 2 heterocycles. The van der Waals surface area contributed by atoms with Gasteiger partial charge in [0, 0.05) is 23.9 Å². The number of amides is 2. The first-order valence-corrected chi connectivity index (χ1v) is 10.3. The van der Waals surface area contributed by atoms with E-state index < -0.39 is 0 Å². The van der Waals surface area contributed by atoms with Crippen molar-refractivity contribution in [1.82, 2.24) is 10.3 Å². The van der Waals surface area contributed by atoms with Gasteiger partial charge >= 0.3 is 0 Å². The molecule has 29 heavy (non-hydrogen) atoms. The number of hydrogen-bond donors (Lipinski definition) is 2. The summed E-state index contributed by atoms with van der Waals surface area (Å²) in [5, 5.41) is 7.76. The molecule has 2 N–H and O–H groups in total. The number of aromatic nitrogens is 1. The molecule has 0 saturated heterocycles. The molecule has 6 nitrogen and oxygen atoms in total. The number of nitrogens with zero attached hydrogens (tertiary/aromatic N) is 1. The number of nitrogens with one attached hydrogen (secondary N) is 2. The van der Waals surface area contributed by atoms with Crippen molar-refractivity contribution in [2.24, 2.45) is 0 Å². The molecule has 0 spiro atoms. The lowest BCUT2D eigenvalue weighted by Crippen LogP contribution is -2.23. The van der Waals surface area contributed by atoms with Crippen molar-refractivity contribution in [1.29, 1.82) is 0 Å². The van der Waals surface area contributed by atoms with Crippen LogP contribution in [-0.2, 0) is 6.54 Å². The van der Waals surface area contributed by atoms with Crippen molar-refractivity contribution in [2.75, 3.05) is 11.9 Å². The summed E-state index contributed by atoms with van der Waals surface area (Å²) in [5.41, 5.74) is 1.55. The Kier molecular flexibility index (Phi) is 7.21. The van der Waals surface area contributed by atoms with Crippen LogP contribution in [0.5, 0.6) is 5.88 Å². The van der Waals surface area contributed by atoms with E-state index in [2.05, 4.69) is 15.6 Å². The molecule has 0 aliphatic carbocycles. The van der Waals surface area contributed by atoms with E-state index in [1.54, 1.807) is 42.6 Å². The molecule has 1 aromatic carbocycles. The number of rotatable bonds is 8. The quantitative estimate of drug-likeness (QED) is 0.540. The SMILES string of the molecule is CCCOc1ncccc1CNC(=O)c1ccc(Cl)c(NC(=O)c2cccs2)c1.